The molecule has 0 radical (unpaired) electrons. The van der Waals surface area contributed by atoms with Gasteiger partial charge in [0.05, 0.1) is 25.6 Å². The fraction of sp³-hybridized carbons (Fsp3) is 0.222. The summed E-state index contributed by atoms with van der Waals surface area (Å²) >= 11 is 0. The topological polar surface area (TPSA) is 100 Å². The van der Waals surface area contributed by atoms with E-state index in [9.17, 15) is 19.8 Å². The largest absolute Gasteiger partial charge is 0.507 e. The number of carbonyl (C=O) groups is 2. The Bertz CT molecular complexity index is 807. The maximum Gasteiger partial charge on any atom is 0.295 e. The number of ketones is 1. The van der Waals surface area contributed by atoms with E-state index in [0.717, 1.165) is 0 Å². The van der Waals surface area contributed by atoms with E-state index >= 15 is 0 Å². The lowest BCUT2D eigenvalue weighted by Gasteiger charge is -2.22. The van der Waals surface area contributed by atoms with Crippen molar-refractivity contribution in [1.82, 2.24) is 4.90 Å². The van der Waals surface area contributed by atoms with Crippen molar-refractivity contribution in [3.8, 4) is 5.75 Å². The van der Waals surface area contributed by atoms with Gasteiger partial charge in [-0.3, -0.25) is 9.59 Å². The number of benzene rings is 1. The van der Waals surface area contributed by atoms with E-state index in [0.29, 0.717) is 17.1 Å². The average molecular weight is 343 g/mol. The molecule has 130 valence electrons. The van der Waals surface area contributed by atoms with E-state index in [1.54, 1.807) is 36.4 Å². The summed E-state index contributed by atoms with van der Waals surface area (Å²) in [7, 11) is 1.52. The van der Waals surface area contributed by atoms with Crippen LogP contribution >= 0.6 is 0 Å². The van der Waals surface area contributed by atoms with Gasteiger partial charge in [0.15, 0.2) is 0 Å². The van der Waals surface area contributed by atoms with Gasteiger partial charge in [-0.2, -0.15) is 0 Å². The van der Waals surface area contributed by atoms with Crippen LogP contribution in [0.1, 0.15) is 17.4 Å². The van der Waals surface area contributed by atoms with Crippen LogP contribution in [0, 0.1) is 0 Å². The van der Waals surface area contributed by atoms with Gasteiger partial charge in [0.1, 0.15) is 23.3 Å². The third-order valence-corrected chi connectivity index (χ3v) is 4.06. The molecule has 1 aromatic carbocycles. The Labute approximate surface area is 143 Å². The Morgan fingerprint density at radius 3 is 2.52 bits per heavy atom. The van der Waals surface area contributed by atoms with Gasteiger partial charge in [-0.05, 0) is 36.4 Å². The highest BCUT2D eigenvalue weighted by atomic mass is 16.5. The molecule has 1 atom stereocenters. The molecular formula is C18H17NO6. The molecule has 2 aromatic rings. The Morgan fingerprint density at radius 2 is 1.96 bits per heavy atom. The molecule has 1 aromatic heterocycles. The van der Waals surface area contributed by atoms with E-state index in [4.69, 9.17) is 9.15 Å². The van der Waals surface area contributed by atoms with Crippen molar-refractivity contribution in [1.29, 1.82) is 0 Å². The van der Waals surface area contributed by atoms with Gasteiger partial charge in [0, 0.05) is 12.1 Å². The summed E-state index contributed by atoms with van der Waals surface area (Å²) in [5.74, 6) is -0.973. The molecule has 1 amide bonds. The second kappa shape index (κ2) is 6.82. The van der Waals surface area contributed by atoms with Crippen LogP contribution in [0.25, 0.3) is 5.76 Å². The second-order valence-corrected chi connectivity index (χ2v) is 5.46. The lowest BCUT2D eigenvalue weighted by molar-refractivity contribution is -0.140. The highest BCUT2D eigenvalue weighted by molar-refractivity contribution is 6.46. The summed E-state index contributed by atoms with van der Waals surface area (Å²) < 4.78 is 10.4. The van der Waals surface area contributed by atoms with Crippen molar-refractivity contribution in [2.75, 3.05) is 20.3 Å². The summed E-state index contributed by atoms with van der Waals surface area (Å²) in [5.41, 5.74) is 0.304. The van der Waals surface area contributed by atoms with Crippen LogP contribution < -0.4 is 4.74 Å². The molecule has 3 rings (SSSR count). The predicted molar refractivity (Wildman–Crippen MR) is 87.8 cm³/mol. The van der Waals surface area contributed by atoms with Crippen LogP contribution in [0.2, 0.25) is 0 Å². The molecule has 0 spiro atoms. The summed E-state index contributed by atoms with van der Waals surface area (Å²) in [6.45, 7) is -0.359. The van der Waals surface area contributed by atoms with Crippen LogP contribution in [0.3, 0.4) is 0 Å². The van der Waals surface area contributed by atoms with Crippen molar-refractivity contribution in [3.63, 3.8) is 0 Å². The first-order valence-corrected chi connectivity index (χ1v) is 7.65. The third-order valence-electron chi connectivity index (χ3n) is 4.06. The molecule has 0 aliphatic carbocycles. The monoisotopic (exact) mass is 343 g/mol. The number of ether oxygens (including phenoxy) is 1. The van der Waals surface area contributed by atoms with Crippen molar-refractivity contribution < 1.29 is 29.0 Å². The Morgan fingerprint density at radius 1 is 1.24 bits per heavy atom. The number of furan rings is 1. The molecule has 1 fully saturated rings. The number of hydrogen-bond donors (Lipinski definition) is 2. The smallest absolute Gasteiger partial charge is 0.295 e. The van der Waals surface area contributed by atoms with Gasteiger partial charge < -0.3 is 24.3 Å². The Hall–Kier alpha value is -3.06. The standard InChI is InChI=1S/C18H17NO6/c1-24-12-6-4-11(5-7-12)16(21)14-15(13-3-2-10-25-13)19(8-9-20)18(23)17(14)22/h2-7,10,15,20-21H,8-9H2,1H3/b16-14-. The number of aliphatic hydroxyl groups excluding tert-OH is 2. The molecule has 2 heterocycles. The zero-order valence-electron chi connectivity index (χ0n) is 13.5. The molecule has 7 nitrogen and oxygen atoms in total. The van der Waals surface area contributed by atoms with Gasteiger partial charge >= 0.3 is 0 Å². The maximum absolute atomic E-state index is 12.5. The van der Waals surface area contributed by atoms with E-state index in [2.05, 4.69) is 0 Å². The van der Waals surface area contributed by atoms with Crippen molar-refractivity contribution in [2.24, 2.45) is 0 Å². The van der Waals surface area contributed by atoms with Gasteiger partial charge in [-0.15, -0.1) is 0 Å². The summed E-state index contributed by atoms with van der Waals surface area (Å²) in [6.07, 6.45) is 1.42. The normalized spacial score (nSPS) is 19.4. The quantitative estimate of drug-likeness (QED) is 0.487. The van der Waals surface area contributed by atoms with Crippen LogP contribution in [-0.4, -0.2) is 47.1 Å². The molecule has 2 N–H and O–H groups in total. The summed E-state index contributed by atoms with van der Waals surface area (Å²) in [4.78, 5) is 26.0. The number of likely N-dealkylation sites (tertiary alicyclic amines) is 1. The van der Waals surface area contributed by atoms with Crippen LogP contribution in [-0.2, 0) is 9.59 Å². The zero-order valence-corrected chi connectivity index (χ0v) is 13.5. The minimum Gasteiger partial charge on any atom is -0.507 e. The molecule has 1 unspecified atom stereocenters. The van der Waals surface area contributed by atoms with Gasteiger partial charge in [-0.25, -0.2) is 0 Å². The molecular weight excluding hydrogens is 326 g/mol. The first-order chi connectivity index (χ1) is 12.1. The second-order valence-electron chi connectivity index (χ2n) is 5.46. The number of nitrogens with zero attached hydrogens (tertiary/aromatic N) is 1. The van der Waals surface area contributed by atoms with Crippen LogP contribution in [0.4, 0.5) is 0 Å². The van der Waals surface area contributed by atoms with E-state index < -0.39 is 17.7 Å². The summed E-state index contributed by atoms with van der Waals surface area (Å²) in [5, 5.41) is 19.9. The molecule has 1 aliphatic heterocycles. The Kier molecular flexibility index (Phi) is 4.58. The first kappa shape index (κ1) is 16.8. The number of Topliss-reactive ketones (excluding diaryl/α,β-unsaturated/α-hetero) is 1. The highest BCUT2D eigenvalue weighted by Crippen LogP contribution is 2.39. The average Bonchev–Trinajstić information content (AvgIpc) is 3.24. The SMILES string of the molecule is COc1ccc(/C(O)=C2/C(=O)C(=O)N(CCO)C2c2ccco2)cc1. The number of amides is 1. The highest BCUT2D eigenvalue weighted by Gasteiger charge is 2.47. The lowest BCUT2D eigenvalue weighted by atomic mass is 9.99. The van der Waals surface area contributed by atoms with Gasteiger partial charge in [-0.1, -0.05) is 0 Å². The molecule has 25 heavy (non-hydrogen) atoms. The number of β-amino-alcohol motifs (C(OH)–C–C–N with tert-alkyl or cyclic N) is 1. The molecule has 0 bridgehead atoms. The predicted octanol–water partition coefficient (Wildman–Crippen LogP) is 1.70. The summed E-state index contributed by atoms with van der Waals surface area (Å²) in [6, 6.07) is 8.81. The van der Waals surface area contributed by atoms with E-state index in [1.807, 2.05) is 0 Å². The fourth-order valence-corrected chi connectivity index (χ4v) is 2.87. The van der Waals surface area contributed by atoms with Gasteiger partial charge in [0.2, 0.25) is 0 Å². The zero-order chi connectivity index (χ0) is 18.0. The molecule has 7 heteroatoms. The van der Waals surface area contributed by atoms with Crippen molar-refractivity contribution >= 4 is 17.4 Å². The minimum atomic E-state index is -0.885. The molecule has 0 saturated carbocycles. The molecule has 1 saturated heterocycles. The number of methoxy groups -OCH3 is 1. The maximum atomic E-state index is 12.5. The van der Waals surface area contributed by atoms with Crippen LogP contribution in [0.5, 0.6) is 5.75 Å². The third kappa shape index (κ3) is 2.89. The number of carbonyl (C=O) groups excluding carboxylic acids is 2. The van der Waals surface area contributed by atoms with Crippen molar-refractivity contribution in [3.05, 3.63) is 59.6 Å². The van der Waals surface area contributed by atoms with E-state index in [1.165, 1.54) is 18.3 Å². The molecule has 1 aliphatic rings. The number of aliphatic hydroxyl groups is 2. The Balaban J connectivity index is 2.12. The van der Waals surface area contributed by atoms with Crippen LogP contribution in [0.15, 0.2) is 52.7 Å². The lowest BCUT2D eigenvalue weighted by Crippen LogP contribution is -2.32. The first-order valence-electron chi connectivity index (χ1n) is 7.65. The van der Waals surface area contributed by atoms with Crippen molar-refractivity contribution in [2.45, 2.75) is 6.04 Å². The number of hydrogen-bond acceptors (Lipinski definition) is 6. The minimum absolute atomic E-state index is 0.0463. The van der Waals surface area contributed by atoms with Gasteiger partial charge in [0.25, 0.3) is 11.7 Å². The fourth-order valence-electron chi connectivity index (χ4n) is 2.87. The number of rotatable bonds is 5. The van der Waals surface area contributed by atoms with E-state index in [-0.39, 0.29) is 24.5 Å².